The fourth-order valence-electron chi connectivity index (χ4n) is 5.47. The third kappa shape index (κ3) is 5.48. The molecule has 5 nitrogen and oxygen atoms in total. The predicted octanol–water partition coefficient (Wildman–Crippen LogP) is 5.33. The second-order valence-electron chi connectivity index (χ2n) is 10.2. The van der Waals surface area contributed by atoms with Gasteiger partial charge in [0.25, 0.3) is 0 Å². The lowest BCUT2D eigenvalue weighted by atomic mass is 9.97. The Morgan fingerprint density at radius 3 is 2.30 bits per heavy atom. The number of rotatable bonds is 9. The molecule has 0 radical (unpaired) electrons. The number of aryl methyl sites for hydroxylation is 3. The van der Waals surface area contributed by atoms with Crippen molar-refractivity contribution in [3.8, 4) is 5.75 Å². The summed E-state index contributed by atoms with van der Waals surface area (Å²) in [6, 6.07) is 20.3. The largest absolute Gasteiger partial charge is 0.487 e. The molecule has 0 unspecified atom stereocenters. The molecule has 1 aliphatic rings. The molecule has 37 heavy (non-hydrogen) atoms. The average Bonchev–Trinajstić information content (AvgIpc) is 3.32. The van der Waals surface area contributed by atoms with Crippen molar-refractivity contribution >= 4 is 10.9 Å². The zero-order chi connectivity index (χ0) is 25.9. The van der Waals surface area contributed by atoms with Gasteiger partial charge in [-0.2, -0.15) is 0 Å². The molecule has 0 amide bonds. The van der Waals surface area contributed by atoms with Gasteiger partial charge in [0.15, 0.2) is 0 Å². The number of pyridine rings is 1. The second kappa shape index (κ2) is 10.9. The number of hydrogen-bond donors (Lipinski definition) is 3. The van der Waals surface area contributed by atoms with Crippen molar-refractivity contribution in [1.82, 2.24) is 10.3 Å². The molecule has 5 heteroatoms. The molecule has 192 valence electrons. The predicted molar refractivity (Wildman–Crippen MR) is 149 cm³/mol. The van der Waals surface area contributed by atoms with Gasteiger partial charge in [0.1, 0.15) is 12.4 Å². The number of ether oxygens (including phenoxy) is 1. The summed E-state index contributed by atoms with van der Waals surface area (Å²) in [6.45, 7) is 7.34. The number of fused-ring (bicyclic) bond motifs is 2. The van der Waals surface area contributed by atoms with Crippen molar-refractivity contribution in [3.63, 3.8) is 0 Å². The number of aliphatic hydroxyl groups excluding tert-OH is 1. The van der Waals surface area contributed by atoms with Crippen LogP contribution in [-0.2, 0) is 32.3 Å². The molecule has 1 heterocycles. The number of nitrogens with one attached hydrogen (secondary N) is 2. The van der Waals surface area contributed by atoms with Crippen LogP contribution in [0.25, 0.3) is 10.9 Å². The van der Waals surface area contributed by atoms with E-state index in [0.29, 0.717) is 30.5 Å². The summed E-state index contributed by atoms with van der Waals surface area (Å²) in [6.07, 6.45) is 3.39. The maximum atomic E-state index is 12.1. The van der Waals surface area contributed by atoms with Gasteiger partial charge in [-0.25, -0.2) is 0 Å². The van der Waals surface area contributed by atoms with Gasteiger partial charge in [0.05, 0.1) is 11.6 Å². The van der Waals surface area contributed by atoms with Gasteiger partial charge in [-0.15, -0.1) is 0 Å². The molecule has 4 aromatic rings. The first kappa shape index (κ1) is 25.2. The number of aliphatic hydroxyl groups is 1. The van der Waals surface area contributed by atoms with Crippen molar-refractivity contribution < 1.29 is 9.84 Å². The Balaban J connectivity index is 1.30. The summed E-state index contributed by atoms with van der Waals surface area (Å²) in [5, 5.41) is 15.5. The molecule has 5 rings (SSSR count). The normalized spacial score (nSPS) is 14.2. The number of aromatic amines is 1. The first-order chi connectivity index (χ1) is 17.9. The van der Waals surface area contributed by atoms with E-state index >= 15 is 0 Å². The smallest absolute Gasteiger partial charge is 0.248 e. The van der Waals surface area contributed by atoms with Gasteiger partial charge in [0.2, 0.25) is 5.56 Å². The van der Waals surface area contributed by atoms with Crippen molar-refractivity contribution in [2.24, 2.45) is 0 Å². The molecule has 0 aliphatic heterocycles. The highest BCUT2D eigenvalue weighted by Gasteiger charge is 2.24. The molecule has 3 N–H and O–H groups in total. The number of hydrogen-bond acceptors (Lipinski definition) is 4. The highest BCUT2D eigenvalue weighted by atomic mass is 16.5. The maximum absolute atomic E-state index is 12.1. The standard InChI is InChI=1S/C32H36N2O3/c1-4-22-14-24-16-26(17-25(24)15-23(22)5-2)33-18-29(35)27-10-12-30(32-28(27)11-13-31(36)34-32)37-19-21-8-6-20(3)7-9-21/h6-15,26,29,33,35H,4-5,16-19H2,1-3H3,(H,34,36)/t29-/m1/s1. The zero-order valence-electron chi connectivity index (χ0n) is 21.9. The Hall–Kier alpha value is -3.41. The van der Waals surface area contributed by atoms with Crippen LogP contribution in [0.15, 0.2) is 65.5 Å². The molecular weight excluding hydrogens is 460 g/mol. The van der Waals surface area contributed by atoms with Crippen LogP contribution in [0.5, 0.6) is 5.75 Å². The van der Waals surface area contributed by atoms with Gasteiger partial charge in [-0.1, -0.05) is 61.9 Å². The van der Waals surface area contributed by atoms with Crippen LogP contribution in [0.1, 0.15) is 58.9 Å². The second-order valence-corrected chi connectivity index (χ2v) is 10.2. The summed E-state index contributed by atoms with van der Waals surface area (Å²) < 4.78 is 6.08. The minimum Gasteiger partial charge on any atom is -0.487 e. The highest BCUT2D eigenvalue weighted by molar-refractivity contribution is 5.87. The lowest BCUT2D eigenvalue weighted by Crippen LogP contribution is -2.33. The summed E-state index contributed by atoms with van der Waals surface area (Å²) in [4.78, 5) is 15.1. The molecule has 0 saturated heterocycles. The topological polar surface area (TPSA) is 74.3 Å². The summed E-state index contributed by atoms with van der Waals surface area (Å²) in [7, 11) is 0. The van der Waals surface area contributed by atoms with Gasteiger partial charge in [-0.3, -0.25) is 4.79 Å². The molecule has 0 saturated carbocycles. The van der Waals surface area contributed by atoms with Crippen LogP contribution in [0.4, 0.5) is 0 Å². The molecule has 0 bridgehead atoms. The summed E-state index contributed by atoms with van der Waals surface area (Å²) >= 11 is 0. The van der Waals surface area contributed by atoms with E-state index in [4.69, 9.17) is 4.74 Å². The summed E-state index contributed by atoms with van der Waals surface area (Å²) in [5.41, 5.74) is 9.21. The van der Waals surface area contributed by atoms with E-state index in [0.717, 1.165) is 42.2 Å². The Morgan fingerprint density at radius 2 is 1.65 bits per heavy atom. The van der Waals surface area contributed by atoms with Crippen LogP contribution in [0.2, 0.25) is 0 Å². The van der Waals surface area contributed by atoms with Crippen molar-refractivity contribution in [1.29, 1.82) is 0 Å². The van der Waals surface area contributed by atoms with E-state index in [1.807, 2.05) is 24.3 Å². The van der Waals surface area contributed by atoms with Crippen LogP contribution in [-0.4, -0.2) is 22.7 Å². The first-order valence-corrected chi connectivity index (χ1v) is 13.3. The molecule has 1 atom stereocenters. The average molecular weight is 497 g/mol. The van der Waals surface area contributed by atoms with Gasteiger partial charge < -0.3 is 20.1 Å². The number of aromatic nitrogens is 1. The number of H-pyrrole nitrogens is 1. The Bertz CT molecular complexity index is 1420. The van der Waals surface area contributed by atoms with E-state index < -0.39 is 6.10 Å². The van der Waals surface area contributed by atoms with Crippen LogP contribution in [0.3, 0.4) is 0 Å². The minimum absolute atomic E-state index is 0.195. The van der Waals surface area contributed by atoms with Crippen LogP contribution < -0.4 is 15.6 Å². The minimum atomic E-state index is -0.708. The molecule has 0 fully saturated rings. The first-order valence-electron chi connectivity index (χ1n) is 13.3. The summed E-state index contributed by atoms with van der Waals surface area (Å²) in [5.74, 6) is 0.599. The van der Waals surface area contributed by atoms with E-state index in [2.05, 4.69) is 55.3 Å². The monoisotopic (exact) mass is 496 g/mol. The van der Waals surface area contributed by atoms with Crippen molar-refractivity contribution in [2.75, 3.05) is 6.54 Å². The maximum Gasteiger partial charge on any atom is 0.248 e. The number of benzene rings is 3. The third-order valence-electron chi connectivity index (χ3n) is 7.58. The Morgan fingerprint density at radius 1 is 0.973 bits per heavy atom. The third-order valence-corrected chi connectivity index (χ3v) is 7.58. The van der Waals surface area contributed by atoms with Crippen LogP contribution >= 0.6 is 0 Å². The fourth-order valence-corrected chi connectivity index (χ4v) is 5.47. The molecule has 1 aromatic heterocycles. The van der Waals surface area contributed by atoms with E-state index in [1.54, 1.807) is 6.07 Å². The Kier molecular flexibility index (Phi) is 7.45. The van der Waals surface area contributed by atoms with Crippen LogP contribution in [0, 0.1) is 6.92 Å². The highest BCUT2D eigenvalue weighted by Crippen LogP contribution is 2.31. The quantitative estimate of drug-likeness (QED) is 0.293. The Labute approximate surface area is 218 Å². The zero-order valence-corrected chi connectivity index (χ0v) is 21.9. The molecule has 0 spiro atoms. The lowest BCUT2D eigenvalue weighted by molar-refractivity contribution is 0.171. The van der Waals surface area contributed by atoms with Gasteiger partial charge in [0, 0.05) is 24.0 Å². The lowest BCUT2D eigenvalue weighted by Gasteiger charge is -2.19. The van der Waals surface area contributed by atoms with Gasteiger partial charge >= 0.3 is 0 Å². The van der Waals surface area contributed by atoms with E-state index in [1.165, 1.54) is 33.9 Å². The van der Waals surface area contributed by atoms with Crippen molar-refractivity contribution in [2.45, 2.75) is 65.2 Å². The fraction of sp³-hybridized carbons (Fsp3) is 0.344. The van der Waals surface area contributed by atoms with E-state index in [-0.39, 0.29) is 5.56 Å². The van der Waals surface area contributed by atoms with Gasteiger partial charge in [-0.05, 0) is 78.1 Å². The molecule has 1 aliphatic carbocycles. The molecule has 3 aromatic carbocycles. The molecular formula is C32H36N2O3. The van der Waals surface area contributed by atoms with E-state index in [9.17, 15) is 9.90 Å². The van der Waals surface area contributed by atoms with Crippen molar-refractivity contribution in [3.05, 3.63) is 110 Å². The SMILES string of the molecule is CCc1cc2c(cc1CC)CC(NC[C@@H](O)c1ccc(OCc3ccc(C)cc3)c3[nH]c(=O)ccc13)C2.